The van der Waals surface area contributed by atoms with Crippen molar-refractivity contribution in [2.75, 3.05) is 6.54 Å². The molecule has 0 aromatic carbocycles. The maximum absolute atomic E-state index is 12.9. The largest absolute Gasteiger partial charge is 0.481 e. The van der Waals surface area contributed by atoms with Crippen LogP contribution in [0.5, 0.6) is 0 Å². The van der Waals surface area contributed by atoms with Gasteiger partial charge in [0.25, 0.3) is 5.91 Å². The predicted molar refractivity (Wildman–Crippen MR) is 81.8 cm³/mol. The van der Waals surface area contributed by atoms with E-state index >= 15 is 0 Å². The minimum absolute atomic E-state index is 0.0463. The minimum Gasteiger partial charge on any atom is -0.481 e. The third-order valence-corrected chi connectivity index (χ3v) is 5.52. The first-order chi connectivity index (χ1) is 10.1. The van der Waals surface area contributed by atoms with Gasteiger partial charge in [-0.25, -0.2) is 0 Å². The van der Waals surface area contributed by atoms with Crippen LogP contribution in [0.1, 0.15) is 53.4 Å². The standard InChI is InChI=1S/C16H21NO3S/c1-10(16(19)20)8-17(11-6-7-11)15(18)13-9-21-14-5-3-2-4-12(13)14/h9-11H,2-8H2,1H3,(H,19,20)/t10-/m1/s1. The van der Waals surface area contributed by atoms with Crippen molar-refractivity contribution in [3.05, 3.63) is 21.4 Å². The van der Waals surface area contributed by atoms with Gasteiger partial charge in [0.2, 0.25) is 0 Å². The summed E-state index contributed by atoms with van der Waals surface area (Å²) >= 11 is 1.69. The molecule has 4 nitrogen and oxygen atoms in total. The molecule has 1 N–H and O–H groups in total. The lowest BCUT2D eigenvalue weighted by molar-refractivity contribution is -0.141. The molecule has 1 saturated carbocycles. The van der Waals surface area contributed by atoms with Crippen molar-refractivity contribution in [2.24, 2.45) is 5.92 Å². The van der Waals surface area contributed by atoms with Gasteiger partial charge in [0.05, 0.1) is 11.5 Å². The van der Waals surface area contributed by atoms with Gasteiger partial charge in [-0.15, -0.1) is 11.3 Å². The molecule has 114 valence electrons. The molecule has 5 heteroatoms. The molecule has 0 bridgehead atoms. The zero-order chi connectivity index (χ0) is 15.0. The number of fused-ring (bicyclic) bond motifs is 1. The second kappa shape index (κ2) is 5.79. The average Bonchev–Trinajstić information content (AvgIpc) is 3.22. The van der Waals surface area contributed by atoms with Crippen LogP contribution in [0, 0.1) is 5.92 Å². The molecule has 0 unspecified atom stereocenters. The predicted octanol–water partition coefficient (Wildman–Crippen LogP) is 2.95. The highest BCUT2D eigenvalue weighted by molar-refractivity contribution is 7.10. The van der Waals surface area contributed by atoms with Crippen LogP contribution in [0.25, 0.3) is 0 Å². The maximum Gasteiger partial charge on any atom is 0.308 e. The number of carboxylic acids is 1. The third kappa shape index (κ3) is 2.98. The lowest BCUT2D eigenvalue weighted by Crippen LogP contribution is -2.38. The molecule has 0 radical (unpaired) electrons. The lowest BCUT2D eigenvalue weighted by Gasteiger charge is -2.25. The summed E-state index contributed by atoms with van der Waals surface area (Å²) in [6.07, 6.45) is 6.45. The fourth-order valence-electron chi connectivity index (χ4n) is 2.99. The molecule has 1 aromatic heterocycles. The van der Waals surface area contributed by atoms with E-state index in [0.29, 0.717) is 6.54 Å². The molecule has 21 heavy (non-hydrogen) atoms. The maximum atomic E-state index is 12.9. The van der Waals surface area contributed by atoms with Gasteiger partial charge in [-0.3, -0.25) is 9.59 Å². The highest BCUT2D eigenvalue weighted by atomic mass is 32.1. The molecular weight excluding hydrogens is 286 g/mol. The summed E-state index contributed by atoms with van der Waals surface area (Å²) in [6.45, 7) is 2.00. The zero-order valence-electron chi connectivity index (χ0n) is 12.3. The number of carboxylic acid groups (broad SMARTS) is 1. The van der Waals surface area contributed by atoms with Gasteiger partial charge < -0.3 is 10.0 Å². The van der Waals surface area contributed by atoms with E-state index in [2.05, 4.69) is 0 Å². The quantitative estimate of drug-likeness (QED) is 0.910. The Morgan fingerprint density at radius 1 is 1.38 bits per heavy atom. The van der Waals surface area contributed by atoms with Crippen LogP contribution in [0.2, 0.25) is 0 Å². The minimum atomic E-state index is -0.833. The van der Waals surface area contributed by atoms with Gasteiger partial charge in [0.1, 0.15) is 0 Å². The third-order valence-electron chi connectivity index (χ3n) is 4.43. The number of nitrogens with zero attached hydrogens (tertiary/aromatic N) is 1. The van der Waals surface area contributed by atoms with Crippen LogP contribution < -0.4 is 0 Å². The van der Waals surface area contributed by atoms with Crippen LogP contribution in [-0.2, 0) is 17.6 Å². The van der Waals surface area contributed by atoms with Crippen molar-refractivity contribution in [1.82, 2.24) is 4.90 Å². The highest BCUT2D eigenvalue weighted by Gasteiger charge is 2.36. The molecule has 2 aliphatic carbocycles. The van der Waals surface area contributed by atoms with Gasteiger partial charge in [-0.2, -0.15) is 0 Å². The molecule has 2 aliphatic rings. The molecule has 1 amide bonds. The number of aryl methyl sites for hydroxylation is 1. The molecule has 1 aromatic rings. The number of aliphatic carboxylic acids is 1. The Labute approximate surface area is 128 Å². The molecule has 1 atom stereocenters. The zero-order valence-corrected chi connectivity index (χ0v) is 13.1. The van der Waals surface area contributed by atoms with E-state index in [-0.39, 0.29) is 11.9 Å². The summed E-state index contributed by atoms with van der Waals surface area (Å²) in [5, 5.41) is 11.1. The van der Waals surface area contributed by atoms with Crippen LogP contribution in [-0.4, -0.2) is 34.5 Å². The van der Waals surface area contributed by atoms with Crippen molar-refractivity contribution in [1.29, 1.82) is 0 Å². The van der Waals surface area contributed by atoms with Crippen LogP contribution in [0.15, 0.2) is 5.38 Å². The van der Waals surface area contributed by atoms with Gasteiger partial charge in [-0.05, 0) is 44.1 Å². The SMILES string of the molecule is C[C@H](CN(C(=O)c1csc2c1CCCC2)C1CC1)C(=O)O. The number of hydrogen-bond donors (Lipinski definition) is 1. The van der Waals surface area contributed by atoms with Crippen molar-refractivity contribution in [2.45, 2.75) is 51.5 Å². The Bertz CT molecular complexity index is 562. The topological polar surface area (TPSA) is 57.6 Å². The van der Waals surface area contributed by atoms with Gasteiger partial charge in [-0.1, -0.05) is 6.92 Å². The number of carbonyl (C=O) groups excluding carboxylic acids is 1. The van der Waals surface area contributed by atoms with Gasteiger partial charge >= 0.3 is 5.97 Å². The van der Waals surface area contributed by atoms with Crippen LogP contribution >= 0.6 is 11.3 Å². The van der Waals surface area contributed by atoms with Crippen LogP contribution in [0.4, 0.5) is 0 Å². The van der Waals surface area contributed by atoms with Gasteiger partial charge in [0, 0.05) is 22.8 Å². The number of carbonyl (C=O) groups is 2. The molecule has 0 aliphatic heterocycles. The van der Waals surface area contributed by atoms with E-state index in [9.17, 15) is 9.59 Å². The van der Waals surface area contributed by atoms with Crippen molar-refractivity contribution in [3.63, 3.8) is 0 Å². The van der Waals surface area contributed by atoms with E-state index in [0.717, 1.165) is 37.7 Å². The van der Waals surface area contributed by atoms with E-state index in [4.69, 9.17) is 5.11 Å². The fraction of sp³-hybridized carbons (Fsp3) is 0.625. The fourth-order valence-corrected chi connectivity index (χ4v) is 4.10. The Morgan fingerprint density at radius 3 is 2.76 bits per heavy atom. The monoisotopic (exact) mass is 307 g/mol. The van der Waals surface area contributed by atoms with E-state index in [1.165, 1.54) is 16.9 Å². The molecular formula is C16H21NO3S. The van der Waals surface area contributed by atoms with Crippen LogP contribution in [0.3, 0.4) is 0 Å². The smallest absolute Gasteiger partial charge is 0.308 e. The molecule has 3 rings (SSSR count). The Kier molecular flexibility index (Phi) is 4.02. The summed E-state index contributed by atoms with van der Waals surface area (Å²) in [6, 6.07) is 0.249. The van der Waals surface area contributed by atoms with Gasteiger partial charge in [0.15, 0.2) is 0 Å². The summed E-state index contributed by atoms with van der Waals surface area (Å²) in [7, 11) is 0. The van der Waals surface area contributed by atoms with E-state index in [1.54, 1.807) is 23.2 Å². The first-order valence-electron chi connectivity index (χ1n) is 7.71. The van der Waals surface area contributed by atoms with Crippen molar-refractivity contribution < 1.29 is 14.7 Å². The first-order valence-corrected chi connectivity index (χ1v) is 8.59. The molecule has 0 saturated heterocycles. The second-order valence-corrected chi connectivity index (χ2v) is 7.15. The summed E-state index contributed by atoms with van der Waals surface area (Å²) in [5.41, 5.74) is 2.06. The number of hydrogen-bond acceptors (Lipinski definition) is 3. The highest BCUT2D eigenvalue weighted by Crippen LogP contribution is 2.34. The Balaban J connectivity index is 1.81. The molecule has 0 spiro atoms. The molecule has 1 heterocycles. The number of rotatable bonds is 5. The molecule has 1 fully saturated rings. The summed E-state index contributed by atoms with van der Waals surface area (Å²) in [5.74, 6) is -1.30. The normalized spacial score (nSPS) is 18.9. The lowest BCUT2D eigenvalue weighted by atomic mass is 9.95. The first kappa shape index (κ1) is 14.6. The second-order valence-electron chi connectivity index (χ2n) is 6.19. The summed E-state index contributed by atoms with van der Waals surface area (Å²) < 4.78 is 0. The average molecular weight is 307 g/mol. The number of amides is 1. The van der Waals surface area contributed by atoms with E-state index in [1.807, 2.05) is 5.38 Å². The van der Waals surface area contributed by atoms with E-state index < -0.39 is 11.9 Å². The number of thiophene rings is 1. The Morgan fingerprint density at radius 2 is 2.10 bits per heavy atom. The van der Waals surface area contributed by atoms with Crippen molar-refractivity contribution >= 4 is 23.2 Å². The van der Waals surface area contributed by atoms with Crippen molar-refractivity contribution in [3.8, 4) is 0 Å². The Hall–Kier alpha value is -1.36. The summed E-state index contributed by atoms with van der Waals surface area (Å²) in [4.78, 5) is 27.1.